The number of rotatable bonds is 5. The molecule has 1 N–H and O–H groups in total. The first-order valence-corrected chi connectivity index (χ1v) is 6.73. The van der Waals surface area contributed by atoms with Gasteiger partial charge in [0.1, 0.15) is 0 Å². The average molecular weight is 247 g/mol. The summed E-state index contributed by atoms with van der Waals surface area (Å²) in [5, 5.41) is 3.00. The van der Waals surface area contributed by atoms with Crippen LogP contribution in [0.4, 0.5) is 0 Å². The lowest BCUT2D eigenvalue weighted by atomic mass is 9.96. The predicted octanol–water partition coefficient (Wildman–Crippen LogP) is 2.16. The van der Waals surface area contributed by atoms with Gasteiger partial charge >= 0.3 is 0 Å². The molecule has 1 amide bonds. The van der Waals surface area contributed by atoms with E-state index in [9.17, 15) is 4.79 Å². The van der Waals surface area contributed by atoms with Gasteiger partial charge in [0.25, 0.3) is 0 Å². The van der Waals surface area contributed by atoms with Gasteiger partial charge in [-0.25, -0.2) is 0 Å². The fourth-order valence-electron chi connectivity index (χ4n) is 2.28. The van der Waals surface area contributed by atoms with Crippen LogP contribution in [-0.4, -0.2) is 25.7 Å². The molecule has 3 heteroatoms. The monoisotopic (exact) mass is 247 g/mol. The van der Waals surface area contributed by atoms with Gasteiger partial charge in [0.15, 0.2) is 0 Å². The van der Waals surface area contributed by atoms with E-state index in [1.807, 2.05) is 18.2 Å². The first kappa shape index (κ1) is 13.1. The molecule has 0 aliphatic carbocycles. The zero-order valence-electron chi connectivity index (χ0n) is 10.7. The molecule has 0 radical (unpaired) electrons. The number of amides is 1. The van der Waals surface area contributed by atoms with E-state index in [4.69, 9.17) is 4.74 Å². The molecule has 0 unspecified atom stereocenters. The highest BCUT2D eigenvalue weighted by atomic mass is 16.5. The number of carbonyl (C=O) groups excluding carboxylic acids is 1. The van der Waals surface area contributed by atoms with Crippen LogP contribution < -0.4 is 5.32 Å². The molecule has 1 heterocycles. The minimum atomic E-state index is 0.179. The molecule has 0 atom stereocenters. The highest BCUT2D eigenvalue weighted by Crippen LogP contribution is 2.17. The summed E-state index contributed by atoms with van der Waals surface area (Å²) in [5.41, 5.74) is 1.27. The molecule has 0 saturated carbocycles. The van der Waals surface area contributed by atoms with E-state index in [0.717, 1.165) is 39.0 Å². The minimum absolute atomic E-state index is 0.179. The maximum atomic E-state index is 11.7. The van der Waals surface area contributed by atoms with Gasteiger partial charge in [0.05, 0.1) is 0 Å². The van der Waals surface area contributed by atoms with Crippen LogP contribution in [0.3, 0.4) is 0 Å². The predicted molar refractivity (Wildman–Crippen MR) is 71.3 cm³/mol. The number of hydrogen-bond donors (Lipinski definition) is 1. The quantitative estimate of drug-likeness (QED) is 0.866. The summed E-state index contributed by atoms with van der Waals surface area (Å²) in [5.74, 6) is 0.688. The zero-order chi connectivity index (χ0) is 12.6. The SMILES string of the molecule is O=C(CC1CCOCC1)NCCc1ccccc1. The molecular formula is C15H21NO2. The van der Waals surface area contributed by atoms with Crippen molar-refractivity contribution >= 4 is 5.91 Å². The highest BCUT2D eigenvalue weighted by molar-refractivity contribution is 5.76. The minimum Gasteiger partial charge on any atom is -0.381 e. The summed E-state index contributed by atoms with van der Waals surface area (Å²) in [4.78, 5) is 11.7. The molecule has 0 spiro atoms. The van der Waals surface area contributed by atoms with E-state index >= 15 is 0 Å². The van der Waals surface area contributed by atoms with Crippen molar-refractivity contribution < 1.29 is 9.53 Å². The van der Waals surface area contributed by atoms with Gasteiger partial charge in [-0.05, 0) is 30.7 Å². The van der Waals surface area contributed by atoms with Gasteiger partial charge in [-0.2, -0.15) is 0 Å². The highest BCUT2D eigenvalue weighted by Gasteiger charge is 2.16. The van der Waals surface area contributed by atoms with E-state index in [-0.39, 0.29) is 5.91 Å². The Labute approximate surface area is 109 Å². The lowest BCUT2D eigenvalue weighted by molar-refractivity contribution is -0.122. The molecule has 1 saturated heterocycles. The standard InChI is InChI=1S/C15H21NO2/c17-15(12-14-7-10-18-11-8-14)16-9-6-13-4-2-1-3-5-13/h1-5,14H,6-12H2,(H,16,17). The summed E-state index contributed by atoms with van der Waals surface area (Å²) in [6, 6.07) is 10.2. The average Bonchev–Trinajstić information content (AvgIpc) is 2.41. The van der Waals surface area contributed by atoms with Crippen LogP contribution in [-0.2, 0) is 16.0 Å². The first-order valence-electron chi connectivity index (χ1n) is 6.73. The first-order chi connectivity index (χ1) is 8.84. The molecule has 18 heavy (non-hydrogen) atoms. The molecule has 1 aliphatic heterocycles. The molecule has 1 aromatic carbocycles. The molecule has 1 aromatic rings. The summed E-state index contributed by atoms with van der Waals surface area (Å²) >= 11 is 0. The molecule has 2 rings (SSSR count). The Bertz CT molecular complexity index is 358. The molecule has 0 bridgehead atoms. The van der Waals surface area contributed by atoms with Crippen LogP contribution >= 0.6 is 0 Å². The Kier molecular flexibility index (Phi) is 5.21. The third-order valence-corrected chi connectivity index (χ3v) is 3.39. The van der Waals surface area contributed by atoms with Crippen molar-refractivity contribution in [3.8, 4) is 0 Å². The van der Waals surface area contributed by atoms with Crippen LogP contribution in [0.1, 0.15) is 24.8 Å². The van der Waals surface area contributed by atoms with Crippen molar-refractivity contribution in [2.24, 2.45) is 5.92 Å². The molecular weight excluding hydrogens is 226 g/mol. The van der Waals surface area contributed by atoms with Gasteiger partial charge < -0.3 is 10.1 Å². The van der Waals surface area contributed by atoms with E-state index in [1.54, 1.807) is 0 Å². The summed E-state index contributed by atoms with van der Waals surface area (Å²) < 4.78 is 5.29. The maximum absolute atomic E-state index is 11.7. The van der Waals surface area contributed by atoms with E-state index < -0.39 is 0 Å². The topological polar surface area (TPSA) is 38.3 Å². The van der Waals surface area contributed by atoms with Gasteiger partial charge in [-0.1, -0.05) is 30.3 Å². The largest absolute Gasteiger partial charge is 0.381 e. The van der Waals surface area contributed by atoms with Crippen LogP contribution in [0.15, 0.2) is 30.3 Å². The Morgan fingerprint density at radius 1 is 1.22 bits per heavy atom. The van der Waals surface area contributed by atoms with Crippen LogP contribution in [0.2, 0.25) is 0 Å². The Morgan fingerprint density at radius 2 is 1.94 bits per heavy atom. The summed E-state index contributed by atoms with van der Waals surface area (Å²) in [7, 11) is 0. The molecule has 98 valence electrons. The van der Waals surface area contributed by atoms with Crippen molar-refractivity contribution in [3.05, 3.63) is 35.9 Å². The second kappa shape index (κ2) is 7.17. The van der Waals surface area contributed by atoms with Crippen LogP contribution in [0, 0.1) is 5.92 Å². The number of benzene rings is 1. The zero-order valence-corrected chi connectivity index (χ0v) is 10.7. The van der Waals surface area contributed by atoms with Gasteiger partial charge in [-0.15, -0.1) is 0 Å². The number of ether oxygens (including phenoxy) is 1. The fraction of sp³-hybridized carbons (Fsp3) is 0.533. The molecule has 3 nitrogen and oxygen atoms in total. The van der Waals surface area contributed by atoms with Crippen molar-refractivity contribution in [2.75, 3.05) is 19.8 Å². The Hall–Kier alpha value is -1.35. The number of carbonyl (C=O) groups is 1. The smallest absolute Gasteiger partial charge is 0.220 e. The third-order valence-electron chi connectivity index (χ3n) is 3.39. The number of hydrogen-bond acceptors (Lipinski definition) is 2. The van der Waals surface area contributed by atoms with Gasteiger partial charge in [0, 0.05) is 26.2 Å². The Balaban J connectivity index is 1.62. The van der Waals surface area contributed by atoms with Gasteiger partial charge in [0.2, 0.25) is 5.91 Å². The lowest BCUT2D eigenvalue weighted by Crippen LogP contribution is -2.29. The molecule has 1 fully saturated rings. The molecule has 0 aromatic heterocycles. The van der Waals surface area contributed by atoms with E-state index in [0.29, 0.717) is 12.3 Å². The third kappa shape index (κ3) is 4.49. The second-order valence-electron chi connectivity index (χ2n) is 4.85. The van der Waals surface area contributed by atoms with Crippen LogP contribution in [0.25, 0.3) is 0 Å². The summed E-state index contributed by atoms with van der Waals surface area (Å²) in [6.07, 6.45) is 3.59. The fourth-order valence-corrected chi connectivity index (χ4v) is 2.28. The maximum Gasteiger partial charge on any atom is 0.220 e. The lowest BCUT2D eigenvalue weighted by Gasteiger charge is -2.21. The van der Waals surface area contributed by atoms with E-state index in [2.05, 4.69) is 17.4 Å². The Morgan fingerprint density at radius 3 is 2.67 bits per heavy atom. The molecule has 1 aliphatic rings. The second-order valence-corrected chi connectivity index (χ2v) is 4.85. The normalized spacial score (nSPS) is 16.4. The van der Waals surface area contributed by atoms with E-state index in [1.165, 1.54) is 5.56 Å². The van der Waals surface area contributed by atoms with Crippen molar-refractivity contribution in [1.29, 1.82) is 0 Å². The summed E-state index contributed by atoms with van der Waals surface area (Å²) in [6.45, 7) is 2.34. The van der Waals surface area contributed by atoms with Crippen molar-refractivity contribution in [1.82, 2.24) is 5.32 Å². The number of nitrogens with one attached hydrogen (secondary N) is 1. The van der Waals surface area contributed by atoms with Crippen molar-refractivity contribution in [2.45, 2.75) is 25.7 Å². The van der Waals surface area contributed by atoms with Crippen LogP contribution in [0.5, 0.6) is 0 Å². The van der Waals surface area contributed by atoms with Gasteiger partial charge in [-0.3, -0.25) is 4.79 Å². The van der Waals surface area contributed by atoms with Crippen molar-refractivity contribution in [3.63, 3.8) is 0 Å².